The van der Waals surface area contributed by atoms with Crippen LogP contribution >= 0.6 is 0 Å². The Labute approximate surface area is 103 Å². The summed E-state index contributed by atoms with van der Waals surface area (Å²) in [5.74, 6) is 0. The van der Waals surface area contributed by atoms with Crippen molar-refractivity contribution < 1.29 is 27.8 Å². The van der Waals surface area contributed by atoms with Crippen molar-refractivity contribution in [1.82, 2.24) is 0 Å². The summed E-state index contributed by atoms with van der Waals surface area (Å²) >= 11 is 0. The number of rotatable bonds is 6. The van der Waals surface area contributed by atoms with E-state index in [1.54, 1.807) is 7.11 Å². The Balaban J connectivity index is 2.52. The molecule has 0 spiro atoms. The van der Waals surface area contributed by atoms with E-state index in [2.05, 4.69) is 0 Å². The molecule has 0 amide bonds. The van der Waals surface area contributed by atoms with Crippen molar-refractivity contribution in [2.24, 2.45) is 0 Å². The Bertz CT molecular complexity index is 349. The predicted molar refractivity (Wildman–Crippen MR) is 59.0 cm³/mol. The summed E-state index contributed by atoms with van der Waals surface area (Å²) in [4.78, 5) is 0. The Morgan fingerprint density at radius 1 is 1.17 bits per heavy atom. The van der Waals surface area contributed by atoms with E-state index in [1.807, 2.05) is 0 Å². The number of aliphatic hydroxyl groups excluding tert-OH is 1. The minimum absolute atomic E-state index is 0.178. The first-order valence-electron chi connectivity index (χ1n) is 5.35. The lowest BCUT2D eigenvalue weighted by Gasteiger charge is -2.15. The second kappa shape index (κ2) is 6.72. The van der Waals surface area contributed by atoms with E-state index in [0.29, 0.717) is 19.8 Å². The molecule has 0 saturated heterocycles. The van der Waals surface area contributed by atoms with Gasteiger partial charge in [-0.25, -0.2) is 0 Å². The lowest BCUT2D eigenvalue weighted by Crippen LogP contribution is -2.20. The molecule has 0 aromatic heterocycles. The molecule has 1 N–H and O–H groups in total. The SMILES string of the molecule is COCCOCc1ccc(C(O)C(F)(F)F)cc1. The summed E-state index contributed by atoms with van der Waals surface area (Å²) in [5, 5.41) is 9.02. The molecule has 102 valence electrons. The normalized spacial score (nSPS) is 13.6. The topological polar surface area (TPSA) is 38.7 Å². The third-order valence-electron chi connectivity index (χ3n) is 2.31. The average Bonchev–Trinajstić information content (AvgIpc) is 2.33. The molecule has 0 heterocycles. The standard InChI is InChI=1S/C12H15F3O3/c1-17-6-7-18-8-9-2-4-10(5-3-9)11(16)12(13,14)15/h2-5,11,16H,6-8H2,1H3. The third kappa shape index (κ3) is 4.64. The molecule has 1 aromatic carbocycles. The molecule has 18 heavy (non-hydrogen) atoms. The Hall–Kier alpha value is -1.11. The summed E-state index contributed by atoms with van der Waals surface area (Å²) in [7, 11) is 1.55. The summed E-state index contributed by atoms with van der Waals surface area (Å²) in [6.45, 7) is 1.18. The molecule has 0 radical (unpaired) electrons. The zero-order chi connectivity index (χ0) is 13.6. The van der Waals surface area contributed by atoms with Crippen LogP contribution in [0.25, 0.3) is 0 Å². The van der Waals surface area contributed by atoms with Gasteiger partial charge in [0.25, 0.3) is 0 Å². The highest BCUT2D eigenvalue weighted by Crippen LogP contribution is 2.32. The average molecular weight is 264 g/mol. The van der Waals surface area contributed by atoms with Crippen LogP contribution in [0, 0.1) is 0 Å². The highest BCUT2D eigenvalue weighted by molar-refractivity contribution is 5.24. The van der Waals surface area contributed by atoms with E-state index in [1.165, 1.54) is 24.3 Å². The van der Waals surface area contributed by atoms with Crippen LogP contribution in [0.2, 0.25) is 0 Å². The van der Waals surface area contributed by atoms with E-state index in [4.69, 9.17) is 14.6 Å². The molecule has 1 unspecified atom stereocenters. The molecule has 1 atom stereocenters. The Morgan fingerprint density at radius 3 is 2.28 bits per heavy atom. The number of halogens is 3. The maximum absolute atomic E-state index is 12.2. The first-order valence-corrected chi connectivity index (χ1v) is 5.35. The van der Waals surface area contributed by atoms with E-state index < -0.39 is 12.3 Å². The van der Waals surface area contributed by atoms with Crippen LogP contribution in [0.3, 0.4) is 0 Å². The van der Waals surface area contributed by atoms with Crippen molar-refractivity contribution >= 4 is 0 Å². The number of benzene rings is 1. The fourth-order valence-corrected chi connectivity index (χ4v) is 1.32. The lowest BCUT2D eigenvalue weighted by molar-refractivity contribution is -0.206. The Kier molecular flexibility index (Phi) is 5.58. The van der Waals surface area contributed by atoms with E-state index in [9.17, 15) is 13.2 Å². The predicted octanol–water partition coefficient (Wildman–Crippen LogP) is 2.45. The highest BCUT2D eigenvalue weighted by Gasteiger charge is 2.39. The van der Waals surface area contributed by atoms with Gasteiger partial charge in [0.15, 0.2) is 6.10 Å². The van der Waals surface area contributed by atoms with Crippen LogP contribution in [0.1, 0.15) is 17.2 Å². The van der Waals surface area contributed by atoms with Gasteiger partial charge in [-0.15, -0.1) is 0 Å². The minimum atomic E-state index is -4.64. The molecule has 1 aromatic rings. The zero-order valence-electron chi connectivity index (χ0n) is 9.91. The van der Waals surface area contributed by atoms with Crippen LogP contribution < -0.4 is 0 Å². The van der Waals surface area contributed by atoms with E-state index in [-0.39, 0.29) is 5.56 Å². The van der Waals surface area contributed by atoms with Crippen molar-refractivity contribution in [1.29, 1.82) is 0 Å². The second-order valence-electron chi connectivity index (χ2n) is 3.73. The van der Waals surface area contributed by atoms with Gasteiger partial charge in [-0.3, -0.25) is 0 Å². The van der Waals surface area contributed by atoms with Gasteiger partial charge < -0.3 is 14.6 Å². The van der Waals surface area contributed by atoms with Gasteiger partial charge in [-0.1, -0.05) is 24.3 Å². The molecule has 0 aliphatic rings. The molecule has 0 saturated carbocycles. The van der Waals surface area contributed by atoms with E-state index >= 15 is 0 Å². The number of aliphatic hydroxyl groups is 1. The van der Waals surface area contributed by atoms with Crippen molar-refractivity contribution in [2.45, 2.75) is 18.9 Å². The first-order chi connectivity index (χ1) is 8.45. The Morgan fingerprint density at radius 2 is 1.78 bits per heavy atom. The lowest BCUT2D eigenvalue weighted by atomic mass is 10.1. The first kappa shape index (κ1) is 14.9. The van der Waals surface area contributed by atoms with Gasteiger partial charge in [0.2, 0.25) is 0 Å². The van der Waals surface area contributed by atoms with Gasteiger partial charge >= 0.3 is 6.18 Å². The summed E-state index contributed by atoms with van der Waals surface area (Å²) < 4.78 is 46.7. The molecule has 3 nitrogen and oxygen atoms in total. The van der Waals surface area contributed by atoms with Crippen LogP contribution in [0.15, 0.2) is 24.3 Å². The van der Waals surface area contributed by atoms with Gasteiger partial charge in [-0.05, 0) is 11.1 Å². The van der Waals surface area contributed by atoms with Crippen molar-refractivity contribution in [2.75, 3.05) is 20.3 Å². The molecule has 6 heteroatoms. The zero-order valence-corrected chi connectivity index (χ0v) is 9.91. The maximum Gasteiger partial charge on any atom is 0.418 e. The molecule has 1 rings (SSSR count). The van der Waals surface area contributed by atoms with Crippen LogP contribution in [-0.4, -0.2) is 31.6 Å². The highest BCUT2D eigenvalue weighted by atomic mass is 19.4. The van der Waals surface area contributed by atoms with Crippen molar-refractivity contribution in [3.8, 4) is 0 Å². The van der Waals surface area contributed by atoms with Crippen LogP contribution in [0.4, 0.5) is 13.2 Å². The number of hydrogen-bond donors (Lipinski definition) is 1. The van der Waals surface area contributed by atoms with Crippen molar-refractivity contribution in [3.63, 3.8) is 0 Å². The van der Waals surface area contributed by atoms with Crippen LogP contribution in [0.5, 0.6) is 0 Å². The monoisotopic (exact) mass is 264 g/mol. The van der Waals surface area contributed by atoms with Crippen molar-refractivity contribution in [3.05, 3.63) is 35.4 Å². The minimum Gasteiger partial charge on any atom is -0.382 e. The summed E-state index contributed by atoms with van der Waals surface area (Å²) in [6.07, 6.45) is -7.09. The number of ether oxygens (including phenoxy) is 2. The quantitative estimate of drug-likeness (QED) is 0.802. The molecular formula is C12H15F3O3. The third-order valence-corrected chi connectivity index (χ3v) is 2.31. The maximum atomic E-state index is 12.2. The van der Waals surface area contributed by atoms with Gasteiger partial charge in [0, 0.05) is 7.11 Å². The second-order valence-corrected chi connectivity index (χ2v) is 3.73. The van der Waals surface area contributed by atoms with E-state index in [0.717, 1.165) is 5.56 Å². The van der Waals surface area contributed by atoms with Gasteiger partial charge in [0.05, 0.1) is 19.8 Å². The molecular weight excluding hydrogens is 249 g/mol. The van der Waals surface area contributed by atoms with Gasteiger partial charge in [0.1, 0.15) is 0 Å². The number of alkyl halides is 3. The van der Waals surface area contributed by atoms with Crippen LogP contribution in [-0.2, 0) is 16.1 Å². The van der Waals surface area contributed by atoms with Gasteiger partial charge in [-0.2, -0.15) is 13.2 Å². The largest absolute Gasteiger partial charge is 0.418 e. The molecule has 0 aliphatic carbocycles. The summed E-state index contributed by atoms with van der Waals surface area (Å²) in [6, 6.07) is 5.48. The number of hydrogen-bond acceptors (Lipinski definition) is 3. The smallest absolute Gasteiger partial charge is 0.382 e. The molecule has 0 fully saturated rings. The molecule has 0 bridgehead atoms. The fraction of sp³-hybridized carbons (Fsp3) is 0.500. The molecule has 0 aliphatic heterocycles. The number of methoxy groups -OCH3 is 1. The fourth-order valence-electron chi connectivity index (χ4n) is 1.32. The summed E-state index contributed by atoms with van der Waals surface area (Å²) in [5.41, 5.74) is 0.562.